The molecule has 2 rings (SSSR count). The standard InChI is InChI=1S/C16H19ClN2O2/c1-21-16(7-3-8-16)11-15(20)19-14-10-12(4-2-9-18)5-6-13(14)17/h5-6,10H,3,7-9,11,18H2,1H3,(H,19,20). The summed E-state index contributed by atoms with van der Waals surface area (Å²) in [6.07, 6.45) is 3.30. The molecule has 0 aromatic heterocycles. The van der Waals surface area contributed by atoms with Crippen molar-refractivity contribution in [1.29, 1.82) is 0 Å². The number of methoxy groups -OCH3 is 1. The lowest BCUT2D eigenvalue weighted by atomic mass is 9.77. The largest absolute Gasteiger partial charge is 0.378 e. The molecular weight excluding hydrogens is 288 g/mol. The number of hydrogen-bond acceptors (Lipinski definition) is 3. The second-order valence-electron chi connectivity index (χ2n) is 5.17. The second-order valence-corrected chi connectivity index (χ2v) is 5.57. The maximum absolute atomic E-state index is 12.2. The summed E-state index contributed by atoms with van der Waals surface area (Å²) in [5.41, 5.74) is 6.38. The molecule has 0 spiro atoms. The van der Waals surface area contributed by atoms with E-state index in [0.717, 1.165) is 24.8 Å². The molecule has 1 aromatic carbocycles. The van der Waals surface area contributed by atoms with Crippen molar-refractivity contribution < 1.29 is 9.53 Å². The maximum Gasteiger partial charge on any atom is 0.227 e. The van der Waals surface area contributed by atoms with Gasteiger partial charge in [-0.1, -0.05) is 23.4 Å². The summed E-state index contributed by atoms with van der Waals surface area (Å²) in [6.45, 7) is 0.292. The summed E-state index contributed by atoms with van der Waals surface area (Å²) in [5.74, 6) is 5.59. The van der Waals surface area contributed by atoms with Crippen LogP contribution in [0.3, 0.4) is 0 Å². The topological polar surface area (TPSA) is 64.3 Å². The van der Waals surface area contributed by atoms with Gasteiger partial charge in [-0.15, -0.1) is 0 Å². The molecule has 0 heterocycles. The molecule has 0 radical (unpaired) electrons. The molecule has 21 heavy (non-hydrogen) atoms. The van der Waals surface area contributed by atoms with Crippen LogP contribution in [0.25, 0.3) is 0 Å². The number of benzene rings is 1. The highest BCUT2D eigenvalue weighted by Gasteiger charge is 2.39. The molecule has 4 nitrogen and oxygen atoms in total. The van der Waals surface area contributed by atoms with Crippen molar-refractivity contribution in [2.75, 3.05) is 19.0 Å². The van der Waals surface area contributed by atoms with E-state index in [0.29, 0.717) is 23.7 Å². The summed E-state index contributed by atoms with van der Waals surface area (Å²) in [7, 11) is 1.66. The minimum Gasteiger partial charge on any atom is -0.378 e. The number of hydrogen-bond donors (Lipinski definition) is 2. The smallest absolute Gasteiger partial charge is 0.227 e. The summed E-state index contributed by atoms with van der Waals surface area (Å²) in [5, 5.41) is 3.32. The van der Waals surface area contributed by atoms with Crippen LogP contribution in [-0.2, 0) is 9.53 Å². The van der Waals surface area contributed by atoms with Crippen LogP contribution >= 0.6 is 11.6 Å². The molecule has 0 atom stereocenters. The summed E-state index contributed by atoms with van der Waals surface area (Å²) < 4.78 is 5.46. The fourth-order valence-electron chi connectivity index (χ4n) is 2.36. The summed E-state index contributed by atoms with van der Waals surface area (Å²) in [4.78, 5) is 12.2. The van der Waals surface area contributed by atoms with E-state index in [1.54, 1.807) is 25.3 Å². The minimum atomic E-state index is -0.298. The van der Waals surface area contributed by atoms with Crippen molar-refractivity contribution >= 4 is 23.2 Å². The third kappa shape index (κ3) is 3.98. The van der Waals surface area contributed by atoms with Crippen molar-refractivity contribution in [2.45, 2.75) is 31.3 Å². The Morgan fingerprint density at radius 2 is 2.29 bits per heavy atom. The van der Waals surface area contributed by atoms with Gasteiger partial charge in [0.1, 0.15) is 0 Å². The zero-order valence-corrected chi connectivity index (χ0v) is 12.8. The van der Waals surface area contributed by atoms with Crippen LogP contribution in [0.5, 0.6) is 0 Å². The van der Waals surface area contributed by atoms with Gasteiger partial charge in [-0.3, -0.25) is 4.79 Å². The molecule has 1 amide bonds. The molecule has 0 saturated heterocycles. The van der Waals surface area contributed by atoms with E-state index in [1.807, 2.05) is 0 Å². The molecule has 1 aliphatic rings. The average Bonchev–Trinajstić information content (AvgIpc) is 2.43. The fourth-order valence-corrected chi connectivity index (χ4v) is 2.53. The Bertz CT molecular complexity index is 580. The van der Waals surface area contributed by atoms with Crippen molar-refractivity contribution in [3.63, 3.8) is 0 Å². The van der Waals surface area contributed by atoms with Crippen molar-refractivity contribution in [3.8, 4) is 11.8 Å². The molecule has 1 aliphatic carbocycles. The van der Waals surface area contributed by atoms with Crippen LogP contribution in [0.4, 0.5) is 5.69 Å². The Morgan fingerprint density at radius 1 is 1.52 bits per heavy atom. The Hall–Kier alpha value is -1.54. The van der Waals surface area contributed by atoms with Gasteiger partial charge in [0.15, 0.2) is 0 Å². The van der Waals surface area contributed by atoms with E-state index < -0.39 is 0 Å². The highest BCUT2D eigenvalue weighted by Crippen LogP contribution is 2.38. The van der Waals surface area contributed by atoms with Gasteiger partial charge in [0.05, 0.1) is 29.3 Å². The number of anilines is 1. The van der Waals surface area contributed by atoms with E-state index in [1.165, 1.54) is 0 Å². The van der Waals surface area contributed by atoms with E-state index in [-0.39, 0.29) is 11.5 Å². The lowest BCUT2D eigenvalue weighted by Gasteiger charge is -2.39. The van der Waals surface area contributed by atoms with Crippen LogP contribution in [0.1, 0.15) is 31.2 Å². The molecule has 112 valence electrons. The first-order valence-corrected chi connectivity index (χ1v) is 7.30. The fraction of sp³-hybridized carbons (Fsp3) is 0.438. The SMILES string of the molecule is COC1(CC(=O)Nc2cc(C#CCN)ccc2Cl)CCC1. The van der Waals surface area contributed by atoms with E-state index in [2.05, 4.69) is 17.2 Å². The number of nitrogens with two attached hydrogens (primary N) is 1. The molecule has 1 saturated carbocycles. The molecule has 1 aromatic rings. The van der Waals surface area contributed by atoms with E-state index >= 15 is 0 Å². The van der Waals surface area contributed by atoms with Crippen LogP contribution in [-0.4, -0.2) is 25.2 Å². The molecule has 5 heteroatoms. The normalized spacial score (nSPS) is 15.6. The van der Waals surface area contributed by atoms with Crippen molar-refractivity contribution in [1.82, 2.24) is 0 Å². The average molecular weight is 307 g/mol. The summed E-state index contributed by atoms with van der Waals surface area (Å²) in [6, 6.07) is 5.26. The van der Waals surface area contributed by atoms with E-state index in [4.69, 9.17) is 22.1 Å². The molecule has 0 unspecified atom stereocenters. The van der Waals surface area contributed by atoms with Gasteiger partial charge < -0.3 is 15.8 Å². The lowest BCUT2D eigenvalue weighted by Crippen LogP contribution is -2.42. The Morgan fingerprint density at radius 3 is 2.86 bits per heavy atom. The van der Waals surface area contributed by atoms with Gasteiger partial charge >= 0.3 is 0 Å². The lowest BCUT2D eigenvalue weighted by molar-refractivity contribution is -0.129. The van der Waals surface area contributed by atoms with Crippen LogP contribution in [0, 0.1) is 11.8 Å². The Labute approximate surface area is 130 Å². The first-order chi connectivity index (χ1) is 10.1. The van der Waals surface area contributed by atoms with Gasteiger partial charge in [0.25, 0.3) is 0 Å². The van der Waals surface area contributed by atoms with Gasteiger partial charge in [-0.25, -0.2) is 0 Å². The predicted octanol–water partition coefficient (Wildman–Crippen LogP) is 2.55. The highest BCUT2D eigenvalue weighted by molar-refractivity contribution is 6.33. The van der Waals surface area contributed by atoms with Gasteiger partial charge in [0, 0.05) is 12.7 Å². The Kier molecular flexibility index (Phi) is 5.24. The zero-order chi connectivity index (χ0) is 15.3. The third-order valence-corrected chi connectivity index (χ3v) is 4.09. The second kappa shape index (κ2) is 6.95. The molecule has 3 N–H and O–H groups in total. The van der Waals surface area contributed by atoms with Crippen molar-refractivity contribution in [3.05, 3.63) is 28.8 Å². The van der Waals surface area contributed by atoms with Gasteiger partial charge in [-0.05, 0) is 37.5 Å². The number of nitrogens with one attached hydrogen (secondary N) is 1. The number of amides is 1. The summed E-state index contributed by atoms with van der Waals surface area (Å²) >= 11 is 6.11. The molecule has 0 aliphatic heterocycles. The predicted molar refractivity (Wildman–Crippen MR) is 84.2 cm³/mol. The number of carbonyl (C=O) groups excluding carboxylic acids is 1. The van der Waals surface area contributed by atoms with Crippen LogP contribution in [0.2, 0.25) is 5.02 Å². The molecular formula is C16H19ClN2O2. The van der Waals surface area contributed by atoms with Crippen LogP contribution < -0.4 is 11.1 Å². The quantitative estimate of drug-likeness (QED) is 0.840. The number of halogens is 1. The Balaban J connectivity index is 2.06. The maximum atomic E-state index is 12.2. The highest BCUT2D eigenvalue weighted by atomic mass is 35.5. The number of ether oxygens (including phenoxy) is 1. The monoisotopic (exact) mass is 306 g/mol. The zero-order valence-electron chi connectivity index (χ0n) is 12.0. The van der Waals surface area contributed by atoms with Gasteiger partial charge in [-0.2, -0.15) is 0 Å². The first kappa shape index (κ1) is 15.8. The number of carbonyl (C=O) groups is 1. The molecule has 0 bridgehead atoms. The minimum absolute atomic E-state index is 0.0950. The van der Waals surface area contributed by atoms with Crippen molar-refractivity contribution in [2.24, 2.45) is 5.73 Å². The third-order valence-electron chi connectivity index (χ3n) is 3.76. The van der Waals surface area contributed by atoms with E-state index in [9.17, 15) is 4.79 Å². The first-order valence-electron chi connectivity index (χ1n) is 6.92. The van der Waals surface area contributed by atoms with Crippen LogP contribution in [0.15, 0.2) is 18.2 Å². The molecule has 1 fully saturated rings. The number of rotatable bonds is 4. The van der Waals surface area contributed by atoms with Gasteiger partial charge in [0.2, 0.25) is 5.91 Å².